The molecule has 0 unspecified atom stereocenters. The highest BCUT2D eigenvalue weighted by Crippen LogP contribution is 2.19. The second kappa shape index (κ2) is 4.58. The van der Waals surface area contributed by atoms with Crippen molar-refractivity contribution in [1.29, 1.82) is 0 Å². The maximum absolute atomic E-state index is 4.20. The van der Waals surface area contributed by atoms with Crippen LogP contribution in [0.5, 0.6) is 0 Å². The Morgan fingerprint density at radius 2 is 1.87 bits per heavy atom. The van der Waals surface area contributed by atoms with Crippen molar-refractivity contribution < 1.29 is 0 Å². The van der Waals surface area contributed by atoms with Gasteiger partial charge in [0.05, 0.1) is 0 Å². The molecular formula is C13H12BrN. The summed E-state index contributed by atoms with van der Waals surface area (Å²) in [5, 5.41) is 0. The smallest absolute Gasteiger partial charge is 0.109 e. The lowest BCUT2D eigenvalue weighted by molar-refractivity contribution is 1.10. The molecule has 2 heteroatoms. The topological polar surface area (TPSA) is 12.9 Å². The SMILES string of the molecule is Cc1c(Cc2ccccc2)ccnc1Br. The van der Waals surface area contributed by atoms with Crippen molar-refractivity contribution >= 4 is 15.9 Å². The zero-order valence-corrected chi connectivity index (χ0v) is 10.2. The van der Waals surface area contributed by atoms with Crippen molar-refractivity contribution in [2.75, 3.05) is 0 Å². The van der Waals surface area contributed by atoms with E-state index in [-0.39, 0.29) is 0 Å². The van der Waals surface area contributed by atoms with E-state index < -0.39 is 0 Å². The Hall–Kier alpha value is -1.15. The predicted octanol–water partition coefficient (Wildman–Crippen LogP) is 3.74. The molecule has 0 bridgehead atoms. The molecule has 0 fully saturated rings. The molecule has 1 aromatic heterocycles. The van der Waals surface area contributed by atoms with E-state index in [4.69, 9.17) is 0 Å². The van der Waals surface area contributed by atoms with Gasteiger partial charge in [-0.3, -0.25) is 0 Å². The zero-order valence-electron chi connectivity index (χ0n) is 8.57. The Kier molecular flexibility index (Phi) is 3.17. The Morgan fingerprint density at radius 3 is 2.60 bits per heavy atom. The fourth-order valence-corrected chi connectivity index (χ4v) is 1.93. The summed E-state index contributed by atoms with van der Waals surface area (Å²) in [5.41, 5.74) is 3.88. The van der Waals surface area contributed by atoms with E-state index in [0.29, 0.717) is 0 Å². The summed E-state index contributed by atoms with van der Waals surface area (Å²) in [6, 6.07) is 12.6. The Labute approximate surface area is 98.3 Å². The van der Waals surface area contributed by atoms with Gasteiger partial charge >= 0.3 is 0 Å². The number of hydrogen-bond donors (Lipinski definition) is 0. The van der Waals surface area contributed by atoms with Gasteiger partial charge in [-0.05, 0) is 52.0 Å². The van der Waals surface area contributed by atoms with Crippen molar-refractivity contribution in [1.82, 2.24) is 4.98 Å². The molecule has 15 heavy (non-hydrogen) atoms. The van der Waals surface area contributed by atoms with E-state index in [9.17, 15) is 0 Å². The first-order valence-electron chi connectivity index (χ1n) is 4.91. The van der Waals surface area contributed by atoms with Gasteiger partial charge in [-0.1, -0.05) is 30.3 Å². The third kappa shape index (κ3) is 2.45. The van der Waals surface area contributed by atoms with E-state index in [0.717, 1.165) is 11.0 Å². The van der Waals surface area contributed by atoms with Crippen molar-refractivity contribution in [2.45, 2.75) is 13.3 Å². The van der Waals surface area contributed by atoms with Gasteiger partial charge in [0.25, 0.3) is 0 Å². The average Bonchev–Trinajstić information content (AvgIpc) is 2.26. The molecule has 0 saturated heterocycles. The van der Waals surface area contributed by atoms with Crippen LogP contribution in [0.1, 0.15) is 16.7 Å². The van der Waals surface area contributed by atoms with Crippen molar-refractivity contribution in [2.24, 2.45) is 0 Å². The minimum absolute atomic E-state index is 0.941. The van der Waals surface area contributed by atoms with Crippen LogP contribution >= 0.6 is 15.9 Å². The van der Waals surface area contributed by atoms with Crippen LogP contribution < -0.4 is 0 Å². The monoisotopic (exact) mass is 261 g/mol. The Balaban J connectivity index is 2.29. The van der Waals surface area contributed by atoms with E-state index in [1.165, 1.54) is 16.7 Å². The Bertz CT molecular complexity index is 451. The largest absolute Gasteiger partial charge is 0.249 e. The van der Waals surface area contributed by atoms with Crippen LogP contribution in [-0.4, -0.2) is 4.98 Å². The lowest BCUT2D eigenvalue weighted by Gasteiger charge is -2.06. The minimum atomic E-state index is 0.941. The molecule has 2 aromatic rings. The van der Waals surface area contributed by atoms with Gasteiger partial charge in [0, 0.05) is 6.20 Å². The third-order valence-electron chi connectivity index (χ3n) is 2.49. The molecule has 76 valence electrons. The van der Waals surface area contributed by atoms with E-state index in [1.807, 2.05) is 12.3 Å². The van der Waals surface area contributed by atoms with Gasteiger partial charge in [0.2, 0.25) is 0 Å². The number of nitrogens with zero attached hydrogens (tertiary/aromatic N) is 1. The number of pyridine rings is 1. The van der Waals surface area contributed by atoms with Crippen molar-refractivity contribution in [3.63, 3.8) is 0 Å². The molecule has 0 atom stereocenters. The maximum atomic E-state index is 4.20. The van der Waals surface area contributed by atoms with Crippen molar-refractivity contribution in [3.8, 4) is 0 Å². The number of hydrogen-bond acceptors (Lipinski definition) is 1. The summed E-state index contributed by atoms with van der Waals surface area (Å²) in [6.07, 6.45) is 2.81. The van der Waals surface area contributed by atoms with Crippen LogP contribution in [0.25, 0.3) is 0 Å². The van der Waals surface area contributed by atoms with E-state index in [1.54, 1.807) is 0 Å². The summed E-state index contributed by atoms with van der Waals surface area (Å²) >= 11 is 3.45. The third-order valence-corrected chi connectivity index (χ3v) is 3.29. The molecular weight excluding hydrogens is 250 g/mol. The van der Waals surface area contributed by atoms with Gasteiger partial charge in [-0.25, -0.2) is 4.98 Å². The normalized spacial score (nSPS) is 10.3. The molecule has 0 aliphatic rings. The molecule has 0 aliphatic carbocycles. The fourth-order valence-electron chi connectivity index (χ4n) is 1.55. The molecule has 0 saturated carbocycles. The molecule has 1 nitrogen and oxygen atoms in total. The average molecular weight is 262 g/mol. The first-order valence-corrected chi connectivity index (χ1v) is 5.70. The van der Waals surface area contributed by atoms with Crippen LogP contribution in [0.4, 0.5) is 0 Å². The molecule has 2 rings (SSSR count). The molecule has 0 N–H and O–H groups in total. The van der Waals surface area contributed by atoms with Crippen LogP contribution in [0.2, 0.25) is 0 Å². The predicted molar refractivity (Wildman–Crippen MR) is 65.9 cm³/mol. The fraction of sp³-hybridized carbons (Fsp3) is 0.154. The van der Waals surface area contributed by atoms with Crippen molar-refractivity contribution in [3.05, 3.63) is 63.9 Å². The molecule has 0 spiro atoms. The number of aromatic nitrogens is 1. The molecule has 0 amide bonds. The molecule has 0 aliphatic heterocycles. The second-order valence-corrected chi connectivity index (χ2v) is 4.30. The van der Waals surface area contributed by atoms with Gasteiger partial charge in [-0.2, -0.15) is 0 Å². The minimum Gasteiger partial charge on any atom is -0.249 e. The van der Waals surface area contributed by atoms with Crippen LogP contribution in [0.15, 0.2) is 47.2 Å². The highest BCUT2D eigenvalue weighted by atomic mass is 79.9. The van der Waals surface area contributed by atoms with E-state index >= 15 is 0 Å². The van der Waals surface area contributed by atoms with Crippen LogP contribution in [-0.2, 0) is 6.42 Å². The second-order valence-electron chi connectivity index (χ2n) is 3.55. The summed E-state index contributed by atoms with van der Waals surface area (Å²) in [6.45, 7) is 2.09. The zero-order chi connectivity index (χ0) is 10.7. The summed E-state index contributed by atoms with van der Waals surface area (Å²) in [5.74, 6) is 0. The highest BCUT2D eigenvalue weighted by Gasteiger charge is 2.03. The van der Waals surface area contributed by atoms with Gasteiger partial charge in [0.1, 0.15) is 4.60 Å². The molecule has 1 aromatic carbocycles. The first-order chi connectivity index (χ1) is 7.27. The maximum Gasteiger partial charge on any atom is 0.109 e. The highest BCUT2D eigenvalue weighted by molar-refractivity contribution is 9.10. The lowest BCUT2D eigenvalue weighted by atomic mass is 10.0. The summed E-state index contributed by atoms with van der Waals surface area (Å²) in [7, 11) is 0. The summed E-state index contributed by atoms with van der Waals surface area (Å²) < 4.78 is 0.941. The number of rotatable bonds is 2. The van der Waals surface area contributed by atoms with Gasteiger partial charge < -0.3 is 0 Å². The first kappa shape index (κ1) is 10.4. The Morgan fingerprint density at radius 1 is 1.13 bits per heavy atom. The molecule has 0 radical (unpaired) electrons. The number of benzene rings is 1. The van der Waals surface area contributed by atoms with E-state index in [2.05, 4.69) is 58.2 Å². The van der Waals surface area contributed by atoms with Gasteiger partial charge in [-0.15, -0.1) is 0 Å². The standard InChI is InChI=1S/C13H12BrN/c1-10-12(7-8-15-13(10)14)9-11-5-3-2-4-6-11/h2-8H,9H2,1H3. The number of halogens is 1. The van der Waals surface area contributed by atoms with Crippen LogP contribution in [0, 0.1) is 6.92 Å². The van der Waals surface area contributed by atoms with Gasteiger partial charge in [0.15, 0.2) is 0 Å². The summed E-state index contributed by atoms with van der Waals surface area (Å²) in [4.78, 5) is 4.20. The quantitative estimate of drug-likeness (QED) is 0.751. The molecule has 1 heterocycles. The lowest BCUT2D eigenvalue weighted by Crippen LogP contribution is -1.93. The van der Waals surface area contributed by atoms with Crippen LogP contribution in [0.3, 0.4) is 0 Å².